The molecule has 1 fully saturated rings. The van der Waals surface area contributed by atoms with Gasteiger partial charge in [0.1, 0.15) is 22.6 Å². The van der Waals surface area contributed by atoms with Crippen LogP contribution in [-0.2, 0) is 12.1 Å². The Labute approximate surface area is 187 Å². The van der Waals surface area contributed by atoms with Crippen molar-refractivity contribution in [2.24, 2.45) is 0 Å². The lowest BCUT2D eigenvalue weighted by Gasteiger charge is -2.30. The van der Waals surface area contributed by atoms with Gasteiger partial charge < -0.3 is 24.7 Å². The zero-order chi connectivity index (χ0) is 22.6. The lowest BCUT2D eigenvalue weighted by atomic mass is 9.96. The van der Waals surface area contributed by atoms with Crippen LogP contribution in [0.2, 0.25) is 0 Å². The summed E-state index contributed by atoms with van der Waals surface area (Å²) in [6, 6.07) is 10.7. The molecular weight excluding hydrogens is 424 g/mol. The smallest absolute Gasteiger partial charge is 0.315 e. The molecule has 6 rings (SSSR count). The van der Waals surface area contributed by atoms with Crippen molar-refractivity contribution in [1.82, 2.24) is 30.7 Å². The quantitative estimate of drug-likeness (QED) is 0.434. The number of rotatable bonds is 5. The van der Waals surface area contributed by atoms with Crippen LogP contribution in [0.25, 0.3) is 22.4 Å². The van der Waals surface area contributed by atoms with Crippen LogP contribution in [0.15, 0.2) is 53.2 Å². The molecule has 1 atom stereocenters. The van der Waals surface area contributed by atoms with Crippen molar-refractivity contribution >= 4 is 23.0 Å². The van der Waals surface area contributed by atoms with E-state index in [2.05, 4.69) is 25.8 Å². The van der Waals surface area contributed by atoms with E-state index in [1.54, 1.807) is 30.5 Å². The van der Waals surface area contributed by atoms with Gasteiger partial charge in [-0.3, -0.25) is 9.89 Å². The highest BCUT2D eigenvalue weighted by Crippen LogP contribution is 2.34. The van der Waals surface area contributed by atoms with Crippen LogP contribution in [0.4, 0.5) is 4.79 Å². The zero-order valence-electron chi connectivity index (χ0n) is 17.7. The summed E-state index contributed by atoms with van der Waals surface area (Å²) in [4.78, 5) is 31.7. The molecule has 0 spiro atoms. The Morgan fingerprint density at radius 1 is 1.21 bits per heavy atom. The summed E-state index contributed by atoms with van der Waals surface area (Å²) in [6.07, 6.45) is 3.47. The number of amides is 3. The van der Waals surface area contributed by atoms with Gasteiger partial charge in [0.25, 0.3) is 5.91 Å². The molecule has 0 bridgehead atoms. The van der Waals surface area contributed by atoms with Crippen LogP contribution < -0.4 is 15.4 Å². The first-order valence-corrected chi connectivity index (χ1v) is 10.5. The number of benzene rings is 1. The van der Waals surface area contributed by atoms with Crippen LogP contribution in [-0.4, -0.2) is 52.2 Å². The second-order valence-corrected chi connectivity index (χ2v) is 8.25. The van der Waals surface area contributed by atoms with E-state index in [0.717, 1.165) is 16.8 Å². The Morgan fingerprint density at radius 2 is 2.12 bits per heavy atom. The van der Waals surface area contributed by atoms with Gasteiger partial charge in [-0.25, -0.2) is 9.78 Å². The zero-order valence-corrected chi connectivity index (χ0v) is 17.7. The predicted octanol–water partition coefficient (Wildman–Crippen LogP) is 2.39. The van der Waals surface area contributed by atoms with Gasteiger partial charge in [-0.1, -0.05) is 6.07 Å². The lowest BCUT2D eigenvalue weighted by Crippen LogP contribution is -2.50. The van der Waals surface area contributed by atoms with Crippen LogP contribution in [0.3, 0.4) is 0 Å². The van der Waals surface area contributed by atoms with Gasteiger partial charge in [-0.2, -0.15) is 5.10 Å². The van der Waals surface area contributed by atoms with Crippen LogP contribution >= 0.6 is 0 Å². The molecule has 3 N–H and O–H groups in total. The van der Waals surface area contributed by atoms with E-state index in [9.17, 15) is 9.59 Å². The second-order valence-electron chi connectivity index (χ2n) is 8.25. The van der Waals surface area contributed by atoms with E-state index in [4.69, 9.17) is 9.15 Å². The topological polar surface area (TPSA) is 125 Å². The normalized spacial score (nSPS) is 19.6. The number of carbonyl (C=O) groups excluding carboxylic acids is 2. The molecular formula is C23H20N6O4. The number of hydrogen-bond acceptors (Lipinski definition) is 6. The second kappa shape index (κ2) is 7.09. The number of nitrogens with zero attached hydrogens (tertiary/aromatic N) is 3. The van der Waals surface area contributed by atoms with Crippen LogP contribution in [0.1, 0.15) is 21.7 Å². The third-order valence-corrected chi connectivity index (χ3v) is 6.20. The number of carbonyl (C=O) groups is 2. The number of aromatic amines is 1. The molecule has 2 aliphatic heterocycles. The van der Waals surface area contributed by atoms with Gasteiger partial charge >= 0.3 is 6.03 Å². The van der Waals surface area contributed by atoms with E-state index >= 15 is 0 Å². The molecule has 4 aromatic rings. The highest BCUT2D eigenvalue weighted by atomic mass is 16.5. The fourth-order valence-corrected chi connectivity index (χ4v) is 4.49. The molecule has 3 aromatic heterocycles. The third kappa shape index (κ3) is 3.10. The molecule has 2 aliphatic rings. The number of urea groups is 1. The van der Waals surface area contributed by atoms with Gasteiger partial charge in [-0.05, 0) is 29.8 Å². The monoisotopic (exact) mass is 444 g/mol. The molecule has 10 nitrogen and oxygen atoms in total. The van der Waals surface area contributed by atoms with Gasteiger partial charge in [0, 0.05) is 29.9 Å². The summed E-state index contributed by atoms with van der Waals surface area (Å²) in [5, 5.41) is 12.5. The van der Waals surface area contributed by atoms with E-state index < -0.39 is 5.54 Å². The number of fused-ring (bicyclic) bond motifs is 2. The van der Waals surface area contributed by atoms with E-state index in [0.29, 0.717) is 34.7 Å². The average molecular weight is 444 g/mol. The fraction of sp³-hybridized carbons (Fsp3) is 0.217. The maximum Gasteiger partial charge on any atom is 0.315 e. The Kier molecular flexibility index (Phi) is 4.16. The minimum Gasteiger partial charge on any atom is -0.497 e. The maximum atomic E-state index is 13.1. The summed E-state index contributed by atoms with van der Waals surface area (Å²) >= 11 is 0. The Bertz CT molecular complexity index is 1400. The van der Waals surface area contributed by atoms with Crippen molar-refractivity contribution in [2.45, 2.75) is 12.1 Å². The fourth-order valence-electron chi connectivity index (χ4n) is 4.49. The molecule has 3 amide bonds. The Morgan fingerprint density at radius 3 is 2.88 bits per heavy atom. The van der Waals surface area contributed by atoms with Gasteiger partial charge in [-0.15, -0.1) is 0 Å². The average Bonchev–Trinajstić information content (AvgIpc) is 3.61. The van der Waals surface area contributed by atoms with E-state index in [1.165, 1.54) is 0 Å². The number of nitrogens with one attached hydrogen (secondary N) is 3. The molecule has 166 valence electrons. The molecule has 33 heavy (non-hydrogen) atoms. The Balaban J connectivity index is 1.35. The maximum absolute atomic E-state index is 13.1. The van der Waals surface area contributed by atoms with Gasteiger partial charge in [0.2, 0.25) is 0 Å². The standard InChI is InChI=1S/C23H20N6O4/c1-32-15-3-2-13-10-29(21(30)16(13)6-15)12-23(11-24-22(31)28-23)20-7-18-19(33-20)5-4-17(27-18)14-8-25-26-9-14/h2-9H,10-12H2,1H3,(H,25,26)(H2,24,28,31). The number of aromatic nitrogens is 3. The van der Waals surface area contributed by atoms with Crippen molar-refractivity contribution in [2.75, 3.05) is 20.2 Å². The highest BCUT2D eigenvalue weighted by molar-refractivity contribution is 5.99. The number of methoxy groups -OCH3 is 1. The number of pyridine rings is 1. The molecule has 1 aromatic carbocycles. The predicted molar refractivity (Wildman–Crippen MR) is 118 cm³/mol. The van der Waals surface area contributed by atoms with Crippen molar-refractivity contribution in [3.8, 4) is 17.0 Å². The molecule has 0 saturated carbocycles. The van der Waals surface area contributed by atoms with Crippen molar-refractivity contribution in [3.63, 3.8) is 0 Å². The minimum atomic E-state index is -0.921. The molecule has 1 saturated heterocycles. The summed E-state index contributed by atoms with van der Waals surface area (Å²) in [5.41, 5.74) is 3.48. The first kappa shape index (κ1) is 19.4. The number of H-pyrrole nitrogens is 1. The number of furan rings is 1. The molecule has 10 heteroatoms. The molecule has 1 unspecified atom stereocenters. The summed E-state index contributed by atoms with van der Waals surface area (Å²) in [6.45, 7) is 0.971. The molecule has 5 heterocycles. The first-order valence-electron chi connectivity index (χ1n) is 10.5. The lowest BCUT2D eigenvalue weighted by molar-refractivity contribution is 0.0722. The van der Waals surface area contributed by atoms with Crippen LogP contribution in [0, 0.1) is 0 Å². The number of hydrogen-bond donors (Lipinski definition) is 3. The van der Waals surface area contributed by atoms with E-state index in [1.807, 2.05) is 30.3 Å². The molecule has 0 aliphatic carbocycles. The minimum absolute atomic E-state index is 0.110. The van der Waals surface area contributed by atoms with Gasteiger partial charge in [0.05, 0.1) is 32.1 Å². The number of ether oxygens (including phenoxy) is 1. The van der Waals surface area contributed by atoms with Crippen molar-refractivity contribution in [1.29, 1.82) is 0 Å². The van der Waals surface area contributed by atoms with Crippen molar-refractivity contribution < 1.29 is 18.7 Å². The van der Waals surface area contributed by atoms with Gasteiger partial charge in [0.15, 0.2) is 5.58 Å². The summed E-state index contributed by atoms with van der Waals surface area (Å²) < 4.78 is 11.4. The van der Waals surface area contributed by atoms with Crippen LogP contribution in [0.5, 0.6) is 5.75 Å². The largest absolute Gasteiger partial charge is 0.497 e. The first-order chi connectivity index (χ1) is 16.0. The van der Waals surface area contributed by atoms with E-state index in [-0.39, 0.29) is 25.0 Å². The molecule has 0 radical (unpaired) electrons. The Hall–Kier alpha value is -4.34. The SMILES string of the molecule is COc1ccc2c(c1)C(=O)N(CC1(c3cc4nc(-c5cn[nH]c5)ccc4o3)CNC(=O)N1)C2. The third-order valence-electron chi connectivity index (χ3n) is 6.20. The summed E-state index contributed by atoms with van der Waals surface area (Å²) in [5.74, 6) is 1.06. The summed E-state index contributed by atoms with van der Waals surface area (Å²) in [7, 11) is 1.57. The van der Waals surface area contributed by atoms with Crippen molar-refractivity contribution in [3.05, 3.63) is 65.7 Å². The highest BCUT2D eigenvalue weighted by Gasteiger charge is 2.46.